The Morgan fingerprint density at radius 1 is 1.12 bits per heavy atom. The van der Waals surface area contributed by atoms with Crippen molar-refractivity contribution in [3.63, 3.8) is 0 Å². The molecule has 0 aromatic heterocycles. The minimum absolute atomic E-state index is 0.816. The van der Waals surface area contributed by atoms with Crippen molar-refractivity contribution in [1.29, 1.82) is 0 Å². The molecule has 96 valence electrons. The van der Waals surface area contributed by atoms with Crippen molar-refractivity contribution >= 4 is 0 Å². The Morgan fingerprint density at radius 2 is 1.94 bits per heavy atom. The summed E-state index contributed by atoms with van der Waals surface area (Å²) in [5.41, 5.74) is 1.15. The molecule has 0 saturated heterocycles. The zero-order chi connectivity index (χ0) is 12.5. The number of rotatable bonds is 8. The van der Waals surface area contributed by atoms with E-state index in [2.05, 4.69) is 10.6 Å². The van der Waals surface area contributed by atoms with Gasteiger partial charge in [-0.15, -0.1) is 0 Å². The summed E-state index contributed by atoms with van der Waals surface area (Å²) in [6.07, 6.45) is 1.12. The number of hydrogen-bond acceptors (Lipinski definition) is 4. The fourth-order valence-corrected chi connectivity index (χ4v) is 1.61. The molecule has 0 aliphatic rings. The second-order valence-electron chi connectivity index (χ2n) is 3.81. The van der Waals surface area contributed by atoms with E-state index < -0.39 is 0 Å². The molecule has 2 N–H and O–H groups in total. The van der Waals surface area contributed by atoms with Crippen LogP contribution in [0, 0.1) is 0 Å². The van der Waals surface area contributed by atoms with Gasteiger partial charge in [0, 0.05) is 18.2 Å². The first-order valence-electron chi connectivity index (χ1n) is 5.88. The third-order valence-corrected chi connectivity index (χ3v) is 2.59. The molecular formula is C13H22N2O2. The van der Waals surface area contributed by atoms with Gasteiger partial charge in [-0.2, -0.15) is 0 Å². The van der Waals surface area contributed by atoms with Crippen LogP contribution in [0.3, 0.4) is 0 Å². The molecule has 0 saturated carbocycles. The Kier molecular flexibility index (Phi) is 6.43. The molecule has 1 rings (SSSR count). The van der Waals surface area contributed by atoms with Crippen LogP contribution in [0.2, 0.25) is 0 Å². The van der Waals surface area contributed by atoms with Gasteiger partial charge in [0.1, 0.15) is 11.5 Å². The molecule has 0 unspecified atom stereocenters. The van der Waals surface area contributed by atoms with E-state index in [1.807, 2.05) is 25.2 Å². The first-order chi connectivity index (χ1) is 8.31. The highest BCUT2D eigenvalue weighted by molar-refractivity contribution is 5.40. The number of ether oxygens (including phenoxy) is 2. The summed E-state index contributed by atoms with van der Waals surface area (Å²) in [4.78, 5) is 0. The largest absolute Gasteiger partial charge is 0.497 e. The van der Waals surface area contributed by atoms with Crippen LogP contribution in [-0.4, -0.2) is 34.4 Å². The highest BCUT2D eigenvalue weighted by Crippen LogP contribution is 2.24. The van der Waals surface area contributed by atoms with Gasteiger partial charge in [0.2, 0.25) is 0 Å². The predicted molar refractivity (Wildman–Crippen MR) is 69.8 cm³/mol. The molecule has 1 aromatic carbocycles. The van der Waals surface area contributed by atoms with Crippen molar-refractivity contribution in [2.24, 2.45) is 0 Å². The summed E-state index contributed by atoms with van der Waals surface area (Å²) in [5.74, 6) is 1.69. The summed E-state index contributed by atoms with van der Waals surface area (Å²) in [6.45, 7) is 2.85. The van der Waals surface area contributed by atoms with Gasteiger partial charge in [-0.25, -0.2) is 0 Å². The second kappa shape index (κ2) is 7.92. The molecule has 0 radical (unpaired) electrons. The standard InChI is InChI=1S/C13H22N2O2/c1-14-7-4-8-15-10-11-5-6-12(16-2)9-13(11)17-3/h5-6,9,14-15H,4,7-8,10H2,1-3H3. The van der Waals surface area contributed by atoms with Gasteiger partial charge in [-0.3, -0.25) is 0 Å². The maximum atomic E-state index is 5.33. The lowest BCUT2D eigenvalue weighted by Crippen LogP contribution is -2.19. The van der Waals surface area contributed by atoms with E-state index in [4.69, 9.17) is 9.47 Å². The van der Waals surface area contributed by atoms with Crippen LogP contribution in [-0.2, 0) is 6.54 Å². The molecule has 0 amide bonds. The van der Waals surface area contributed by atoms with Gasteiger partial charge in [-0.1, -0.05) is 6.07 Å². The van der Waals surface area contributed by atoms with E-state index in [1.54, 1.807) is 14.2 Å². The van der Waals surface area contributed by atoms with Crippen molar-refractivity contribution in [3.8, 4) is 11.5 Å². The van der Waals surface area contributed by atoms with E-state index in [-0.39, 0.29) is 0 Å². The zero-order valence-corrected chi connectivity index (χ0v) is 10.9. The third kappa shape index (κ3) is 4.63. The summed E-state index contributed by atoms with van der Waals surface area (Å²) in [7, 11) is 5.30. The van der Waals surface area contributed by atoms with Gasteiger partial charge < -0.3 is 20.1 Å². The monoisotopic (exact) mass is 238 g/mol. The first kappa shape index (κ1) is 13.8. The van der Waals surface area contributed by atoms with E-state index in [9.17, 15) is 0 Å². The maximum Gasteiger partial charge on any atom is 0.127 e. The summed E-state index contributed by atoms with van der Waals surface area (Å²) in [6, 6.07) is 5.89. The van der Waals surface area contributed by atoms with Crippen LogP contribution in [0.25, 0.3) is 0 Å². The predicted octanol–water partition coefficient (Wildman–Crippen LogP) is 1.40. The number of benzene rings is 1. The van der Waals surface area contributed by atoms with Crippen LogP contribution in [0.4, 0.5) is 0 Å². The van der Waals surface area contributed by atoms with Crippen LogP contribution in [0.1, 0.15) is 12.0 Å². The minimum atomic E-state index is 0.816. The zero-order valence-electron chi connectivity index (χ0n) is 10.9. The normalized spacial score (nSPS) is 10.3. The van der Waals surface area contributed by atoms with Gasteiger partial charge in [-0.05, 0) is 32.6 Å². The number of nitrogens with one attached hydrogen (secondary N) is 2. The van der Waals surface area contributed by atoms with Gasteiger partial charge in [0.05, 0.1) is 14.2 Å². The Balaban J connectivity index is 2.46. The maximum absolute atomic E-state index is 5.33. The average molecular weight is 238 g/mol. The lowest BCUT2D eigenvalue weighted by Gasteiger charge is -2.11. The molecule has 4 nitrogen and oxygen atoms in total. The Bertz CT molecular complexity index is 329. The number of hydrogen-bond donors (Lipinski definition) is 2. The van der Waals surface area contributed by atoms with Crippen molar-refractivity contribution in [3.05, 3.63) is 23.8 Å². The van der Waals surface area contributed by atoms with Crippen molar-refractivity contribution < 1.29 is 9.47 Å². The third-order valence-electron chi connectivity index (χ3n) is 2.59. The Morgan fingerprint density at radius 3 is 2.59 bits per heavy atom. The van der Waals surface area contributed by atoms with Crippen molar-refractivity contribution in [2.75, 3.05) is 34.4 Å². The van der Waals surface area contributed by atoms with E-state index in [0.717, 1.165) is 43.1 Å². The molecule has 0 aliphatic heterocycles. The molecule has 17 heavy (non-hydrogen) atoms. The lowest BCUT2D eigenvalue weighted by atomic mass is 10.2. The SMILES string of the molecule is CNCCCNCc1ccc(OC)cc1OC. The van der Waals surface area contributed by atoms with Gasteiger partial charge in [0.15, 0.2) is 0 Å². The molecule has 0 fully saturated rings. The van der Waals surface area contributed by atoms with E-state index >= 15 is 0 Å². The molecule has 1 aromatic rings. The molecule has 0 bridgehead atoms. The summed E-state index contributed by atoms with van der Waals surface area (Å²) >= 11 is 0. The second-order valence-corrected chi connectivity index (χ2v) is 3.81. The fourth-order valence-electron chi connectivity index (χ4n) is 1.61. The first-order valence-corrected chi connectivity index (χ1v) is 5.88. The van der Waals surface area contributed by atoms with Crippen LogP contribution in [0.5, 0.6) is 11.5 Å². The van der Waals surface area contributed by atoms with Gasteiger partial charge in [0.25, 0.3) is 0 Å². The van der Waals surface area contributed by atoms with Crippen LogP contribution < -0.4 is 20.1 Å². The van der Waals surface area contributed by atoms with Gasteiger partial charge >= 0.3 is 0 Å². The molecular weight excluding hydrogens is 216 g/mol. The average Bonchev–Trinajstić information content (AvgIpc) is 2.38. The Hall–Kier alpha value is -1.26. The molecule has 0 aliphatic carbocycles. The highest BCUT2D eigenvalue weighted by Gasteiger charge is 2.04. The minimum Gasteiger partial charge on any atom is -0.497 e. The Labute approximate surface area is 103 Å². The lowest BCUT2D eigenvalue weighted by molar-refractivity contribution is 0.389. The van der Waals surface area contributed by atoms with Crippen molar-refractivity contribution in [1.82, 2.24) is 10.6 Å². The van der Waals surface area contributed by atoms with E-state index in [0.29, 0.717) is 0 Å². The van der Waals surface area contributed by atoms with E-state index in [1.165, 1.54) is 0 Å². The van der Waals surface area contributed by atoms with Crippen molar-refractivity contribution in [2.45, 2.75) is 13.0 Å². The molecule has 4 heteroatoms. The van der Waals surface area contributed by atoms with Crippen LogP contribution in [0.15, 0.2) is 18.2 Å². The van der Waals surface area contributed by atoms with Crippen LogP contribution >= 0.6 is 0 Å². The quantitative estimate of drug-likeness (QED) is 0.672. The fraction of sp³-hybridized carbons (Fsp3) is 0.538. The number of methoxy groups -OCH3 is 2. The molecule has 0 spiro atoms. The molecule has 0 heterocycles. The molecule has 0 atom stereocenters. The smallest absolute Gasteiger partial charge is 0.127 e. The summed E-state index contributed by atoms with van der Waals surface area (Å²) < 4.78 is 10.5. The summed E-state index contributed by atoms with van der Waals surface area (Å²) in [5, 5.41) is 6.51. The topological polar surface area (TPSA) is 42.5 Å². The highest BCUT2D eigenvalue weighted by atomic mass is 16.5.